The van der Waals surface area contributed by atoms with E-state index in [4.69, 9.17) is 14.2 Å². The number of ether oxygens (including phenoxy) is 3. The van der Waals surface area contributed by atoms with Crippen LogP contribution in [0.15, 0.2) is 42.9 Å². The van der Waals surface area contributed by atoms with Gasteiger partial charge in [-0.05, 0) is 22.6 Å². The van der Waals surface area contributed by atoms with Gasteiger partial charge in [0.15, 0.2) is 0 Å². The molecule has 0 N–H and O–H groups in total. The number of halogens is 1. The standard InChI is InChI=1S/C18H16FN5O5/c19-14-3-1-12(2-4-14)13-7-20-17(21-8-13)28-6-5-27-15-9-23-10-16(24(25)26)22-18(23)29-11-15/h1-4,7-8,10,15H,5-6,9,11H2/t15-/m0/s1. The molecule has 3 aromatic rings. The summed E-state index contributed by atoms with van der Waals surface area (Å²) in [6.07, 6.45) is 4.23. The maximum Gasteiger partial charge on any atom is 0.414 e. The van der Waals surface area contributed by atoms with Crippen LogP contribution in [-0.2, 0) is 11.3 Å². The Bertz CT molecular complexity index is 993. The van der Waals surface area contributed by atoms with Gasteiger partial charge in [-0.3, -0.25) is 4.57 Å². The first-order valence-corrected chi connectivity index (χ1v) is 8.75. The molecule has 1 aliphatic heterocycles. The summed E-state index contributed by atoms with van der Waals surface area (Å²) in [7, 11) is 0. The Morgan fingerprint density at radius 3 is 2.69 bits per heavy atom. The van der Waals surface area contributed by atoms with Gasteiger partial charge in [0.1, 0.15) is 31.3 Å². The highest BCUT2D eigenvalue weighted by atomic mass is 19.1. The number of aromatic nitrogens is 4. The second-order valence-corrected chi connectivity index (χ2v) is 6.20. The van der Waals surface area contributed by atoms with E-state index in [-0.39, 0.29) is 49.6 Å². The number of rotatable bonds is 7. The molecule has 4 rings (SSSR count). The van der Waals surface area contributed by atoms with Gasteiger partial charge in [0.2, 0.25) is 0 Å². The topological polar surface area (TPSA) is 114 Å². The van der Waals surface area contributed by atoms with Crippen molar-refractivity contribution in [3.63, 3.8) is 0 Å². The monoisotopic (exact) mass is 401 g/mol. The molecule has 0 saturated carbocycles. The Labute approximate surface area is 164 Å². The van der Waals surface area contributed by atoms with Crippen LogP contribution in [0.4, 0.5) is 10.2 Å². The van der Waals surface area contributed by atoms with E-state index in [0.717, 1.165) is 11.1 Å². The predicted octanol–water partition coefficient (Wildman–Crippen LogP) is 2.24. The van der Waals surface area contributed by atoms with Crippen molar-refractivity contribution < 1.29 is 23.5 Å². The molecule has 1 aliphatic rings. The molecule has 0 aliphatic carbocycles. The highest BCUT2D eigenvalue weighted by Gasteiger charge is 2.28. The van der Waals surface area contributed by atoms with Gasteiger partial charge in [-0.1, -0.05) is 12.1 Å². The van der Waals surface area contributed by atoms with Gasteiger partial charge in [-0.15, -0.1) is 0 Å². The van der Waals surface area contributed by atoms with Crippen molar-refractivity contribution in [1.29, 1.82) is 0 Å². The van der Waals surface area contributed by atoms with E-state index in [1.54, 1.807) is 29.1 Å². The van der Waals surface area contributed by atoms with Crippen molar-refractivity contribution in [3.05, 3.63) is 58.8 Å². The average molecular weight is 401 g/mol. The van der Waals surface area contributed by atoms with Crippen LogP contribution < -0.4 is 9.47 Å². The molecule has 2 aromatic heterocycles. The van der Waals surface area contributed by atoms with Crippen LogP contribution >= 0.6 is 0 Å². The third-order valence-electron chi connectivity index (χ3n) is 4.19. The summed E-state index contributed by atoms with van der Waals surface area (Å²) in [5, 5.41) is 10.8. The summed E-state index contributed by atoms with van der Waals surface area (Å²) < 4.78 is 31.0. The Morgan fingerprint density at radius 2 is 1.97 bits per heavy atom. The molecular weight excluding hydrogens is 385 g/mol. The SMILES string of the molecule is O=[N+]([O-])c1cn2c(n1)OC[C@@H](OCCOc1ncc(-c3ccc(F)cc3)cn1)C2. The van der Waals surface area contributed by atoms with Crippen molar-refractivity contribution in [1.82, 2.24) is 19.5 Å². The molecule has 10 nitrogen and oxygen atoms in total. The van der Waals surface area contributed by atoms with Crippen molar-refractivity contribution in [2.45, 2.75) is 12.6 Å². The van der Waals surface area contributed by atoms with Crippen LogP contribution in [0.25, 0.3) is 11.1 Å². The second-order valence-electron chi connectivity index (χ2n) is 6.20. The molecule has 1 atom stereocenters. The first-order valence-electron chi connectivity index (χ1n) is 8.75. The number of fused-ring (bicyclic) bond motifs is 1. The quantitative estimate of drug-likeness (QED) is 0.336. The van der Waals surface area contributed by atoms with Crippen LogP contribution in [0, 0.1) is 15.9 Å². The molecule has 1 aromatic carbocycles. The van der Waals surface area contributed by atoms with Gasteiger partial charge in [-0.25, -0.2) is 14.4 Å². The van der Waals surface area contributed by atoms with E-state index in [9.17, 15) is 14.5 Å². The molecule has 0 radical (unpaired) electrons. The van der Waals surface area contributed by atoms with Gasteiger partial charge >= 0.3 is 17.8 Å². The zero-order valence-corrected chi connectivity index (χ0v) is 15.1. The number of benzene rings is 1. The first kappa shape index (κ1) is 18.7. The molecule has 0 bridgehead atoms. The Hall–Kier alpha value is -3.60. The lowest BCUT2D eigenvalue weighted by atomic mass is 10.1. The van der Waals surface area contributed by atoms with Crippen LogP contribution in [0.2, 0.25) is 0 Å². The van der Waals surface area contributed by atoms with E-state index in [1.165, 1.54) is 18.3 Å². The Morgan fingerprint density at radius 1 is 1.21 bits per heavy atom. The number of hydrogen-bond donors (Lipinski definition) is 0. The van der Waals surface area contributed by atoms with E-state index in [0.29, 0.717) is 6.54 Å². The minimum Gasteiger partial charge on any atom is -0.461 e. The van der Waals surface area contributed by atoms with Gasteiger partial charge in [0.25, 0.3) is 0 Å². The van der Waals surface area contributed by atoms with E-state index in [2.05, 4.69) is 15.0 Å². The summed E-state index contributed by atoms with van der Waals surface area (Å²) >= 11 is 0. The maximum absolute atomic E-state index is 13.0. The summed E-state index contributed by atoms with van der Waals surface area (Å²) in [5.74, 6) is -0.564. The van der Waals surface area contributed by atoms with E-state index in [1.807, 2.05) is 0 Å². The van der Waals surface area contributed by atoms with Gasteiger partial charge in [0, 0.05) is 22.9 Å². The molecule has 0 unspecified atom stereocenters. The third-order valence-corrected chi connectivity index (χ3v) is 4.19. The van der Waals surface area contributed by atoms with Gasteiger partial charge < -0.3 is 24.3 Å². The van der Waals surface area contributed by atoms with Gasteiger partial charge in [0.05, 0.1) is 13.2 Å². The Balaban J connectivity index is 1.23. The van der Waals surface area contributed by atoms with Crippen LogP contribution in [0.1, 0.15) is 0 Å². The second kappa shape index (κ2) is 8.19. The molecule has 0 amide bonds. The summed E-state index contributed by atoms with van der Waals surface area (Å²) in [6.45, 7) is 1.14. The number of hydrogen-bond acceptors (Lipinski definition) is 8. The fraction of sp³-hybridized carbons (Fsp3) is 0.278. The summed E-state index contributed by atoms with van der Waals surface area (Å²) in [4.78, 5) is 22.2. The maximum atomic E-state index is 13.0. The van der Waals surface area contributed by atoms with Gasteiger partial charge in [-0.2, -0.15) is 0 Å². The molecule has 0 spiro atoms. The molecule has 3 heterocycles. The average Bonchev–Trinajstić information content (AvgIpc) is 3.16. The molecule has 29 heavy (non-hydrogen) atoms. The summed E-state index contributed by atoms with van der Waals surface area (Å²) in [5.41, 5.74) is 1.55. The number of nitrogens with zero attached hydrogens (tertiary/aromatic N) is 5. The van der Waals surface area contributed by atoms with Crippen LogP contribution in [0.5, 0.6) is 12.0 Å². The largest absolute Gasteiger partial charge is 0.461 e. The molecular formula is C18H16FN5O5. The number of nitro groups is 1. The zero-order chi connectivity index (χ0) is 20.2. The normalized spacial score (nSPS) is 15.4. The van der Waals surface area contributed by atoms with E-state index >= 15 is 0 Å². The zero-order valence-electron chi connectivity index (χ0n) is 15.1. The molecule has 0 saturated heterocycles. The highest BCUT2D eigenvalue weighted by molar-refractivity contribution is 5.61. The first-order chi connectivity index (χ1) is 14.1. The third kappa shape index (κ3) is 4.46. The highest BCUT2D eigenvalue weighted by Crippen LogP contribution is 2.22. The molecule has 150 valence electrons. The lowest BCUT2D eigenvalue weighted by Gasteiger charge is -2.22. The van der Waals surface area contributed by atoms with Crippen molar-refractivity contribution in [2.75, 3.05) is 19.8 Å². The summed E-state index contributed by atoms with van der Waals surface area (Å²) in [6, 6.07) is 6.45. The smallest absolute Gasteiger partial charge is 0.414 e. The minimum absolute atomic E-state index is 0.201. The predicted molar refractivity (Wildman–Crippen MR) is 97.0 cm³/mol. The lowest BCUT2D eigenvalue weighted by molar-refractivity contribution is -0.389. The molecule has 0 fully saturated rings. The van der Waals surface area contributed by atoms with Crippen LogP contribution in [0.3, 0.4) is 0 Å². The van der Waals surface area contributed by atoms with Crippen molar-refractivity contribution >= 4 is 5.82 Å². The number of imidazole rings is 1. The van der Waals surface area contributed by atoms with E-state index < -0.39 is 4.92 Å². The minimum atomic E-state index is -0.570. The fourth-order valence-electron chi connectivity index (χ4n) is 2.79. The molecule has 11 heteroatoms. The van der Waals surface area contributed by atoms with Crippen molar-refractivity contribution in [2.24, 2.45) is 0 Å². The lowest BCUT2D eigenvalue weighted by Crippen LogP contribution is -2.33. The Kier molecular flexibility index (Phi) is 5.29. The van der Waals surface area contributed by atoms with Crippen LogP contribution in [-0.4, -0.2) is 50.4 Å². The fourth-order valence-corrected chi connectivity index (χ4v) is 2.79. The van der Waals surface area contributed by atoms with Crippen molar-refractivity contribution in [3.8, 4) is 23.1 Å².